The number of anilines is 2. The molecule has 0 unspecified atom stereocenters. The van der Waals surface area contributed by atoms with Gasteiger partial charge in [0.1, 0.15) is 5.75 Å². The van der Waals surface area contributed by atoms with E-state index in [2.05, 4.69) is 31.9 Å². The number of carbonyl (C=O) groups excluding carboxylic acids is 4. The van der Waals surface area contributed by atoms with E-state index in [9.17, 15) is 19.2 Å². The highest BCUT2D eigenvalue weighted by atomic mass is 79.9. The molecule has 2 aliphatic carbocycles. The molecule has 2 aromatic carbocycles. The van der Waals surface area contributed by atoms with E-state index in [1.54, 1.807) is 30.0 Å². The number of alkyl halides is 2. The lowest BCUT2D eigenvalue weighted by atomic mass is 9.81. The van der Waals surface area contributed by atoms with Crippen molar-refractivity contribution in [3.05, 3.63) is 54.1 Å². The molecule has 2 saturated carbocycles. The summed E-state index contributed by atoms with van der Waals surface area (Å²) in [5.74, 6) is -1.38. The molecule has 2 aromatic rings. The van der Waals surface area contributed by atoms with Gasteiger partial charge in [-0.3, -0.25) is 19.2 Å². The van der Waals surface area contributed by atoms with E-state index < -0.39 is 11.9 Å². The third-order valence-corrected chi connectivity index (χ3v) is 11.3. The summed E-state index contributed by atoms with van der Waals surface area (Å²) >= 11 is 7.43. The number of nitrogens with zero attached hydrogens (tertiary/aromatic N) is 2. The Morgan fingerprint density at radius 1 is 0.944 bits per heavy atom. The molecule has 2 aliphatic heterocycles. The first-order valence-electron chi connectivity index (χ1n) is 12.1. The summed E-state index contributed by atoms with van der Waals surface area (Å²) in [4.78, 5) is 55.3. The Hall–Kier alpha value is -2.52. The third kappa shape index (κ3) is 3.57. The highest BCUT2D eigenvalue weighted by molar-refractivity contribution is 9.12. The minimum absolute atomic E-state index is 0.0931. The van der Waals surface area contributed by atoms with Gasteiger partial charge in [0.25, 0.3) is 0 Å². The van der Waals surface area contributed by atoms with E-state index in [1.165, 1.54) is 4.90 Å². The van der Waals surface area contributed by atoms with Crippen LogP contribution in [0.2, 0.25) is 0 Å². The van der Waals surface area contributed by atoms with Crippen LogP contribution in [0.15, 0.2) is 48.5 Å². The van der Waals surface area contributed by atoms with E-state index in [4.69, 9.17) is 4.74 Å². The van der Waals surface area contributed by atoms with Gasteiger partial charge in [-0.25, -0.2) is 4.90 Å². The quantitative estimate of drug-likeness (QED) is 0.222. The van der Waals surface area contributed by atoms with Crippen molar-refractivity contribution in [2.24, 2.45) is 29.6 Å². The number of amides is 3. The Morgan fingerprint density at radius 2 is 1.58 bits per heavy atom. The summed E-state index contributed by atoms with van der Waals surface area (Å²) in [6.45, 7) is 2.07. The molecule has 0 N–H and O–H groups in total. The van der Waals surface area contributed by atoms with E-state index >= 15 is 0 Å². The number of benzene rings is 2. The molecule has 4 fully saturated rings. The molecule has 2 heterocycles. The summed E-state index contributed by atoms with van der Waals surface area (Å²) < 4.78 is 5.61. The van der Waals surface area contributed by atoms with Gasteiger partial charge in [-0.15, -0.1) is 0 Å². The number of imide groups is 1. The minimum atomic E-state index is -0.566. The summed E-state index contributed by atoms with van der Waals surface area (Å²) in [7, 11) is 0. The van der Waals surface area contributed by atoms with Crippen molar-refractivity contribution in [2.45, 2.75) is 29.4 Å². The van der Waals surface area contributed by atoms with Crippen LogP contribution in [0, 0.1) is 36.5 Å². The zero-order valence-corrected chi connectivity index (χ0v) is 22.6. The largest absolute Gasteiger partial charge is 0.426 e. The molecule has 36 heavy (non-hydrogen) atoms. The average molecular weight is 616 g/mol. The molecule has 7 nitrogen and oxygen atoms in total. The Kier molecular flexibility index (Phi) is 5.83. The molecule has 0 spiro atoms. The number of para-hydroxylation sites is 1. The molecular formula is C27H24Br2N2O5. The molecule has 4 aliphatic rings. The lowest BCUT2D eigenvalue weighted by molar-refractivity contribution is -0.139. The van der Waals surface area contributed by atoms with Gasteiger partial charge in [-0.2, -0.15) is 0 Å². The van der Waals surface area contributed by atoms with Crippen LogP contribution in [0.1, 0.15) is 18.4 Å². The first-order chi connectivity index (χ1) is 17.3. The second-order valence-electron chi connectivity index (χ2n) is 10.1. The summed E-state index contributed by atoms with van der Waals surface area (Å²) in [5.41, 5.74) is 1.96. The van der Waals surface area contributed by atoms with Crippen LogP contribution in [0.5, 0.6) is 5.75 Å². The molecule has 2 bridgehead atoms. The van der Waals surface area contributed by atoms with Crippen LogP contribution in [0.4, 0.5) is 11.4 Å². The van der Waals surface area contributed by atoms with Gasteiger partial charge >= 0.3 is 5.97 Å². The van der Waals surface area contributed by atoms with Gasteiger partial charge in [0, 0.05) is 28.3 Å². The lowest BCUT2D eigenvalue weighted by Crippen LogP contribution is -2.37. The van der Waals surface area contributed by atoms with E-state index in [1.807, 2.05) is 30.3 Å². The summed E-state index contributed by atoms with van der Waals surface area (Å²) in [6, 6.07) is 14.2. The Morgan fingerprint density at radius 3 is 2.19 bits per heavy atom. The molecule has 7 atom stereocenters. The third-order valence-electron chi connectivity index (χ3n) is 8.14. The van der Waals surface area contributed by atoms with Gasteiger partial charge in [0.05, 0.1) is 23.4 Å². The monoisotopic (exact) mass is 614 g/mol. The van der Waals surface area contributed by atoms with Crippen LogP contribution < -0.4 is 14.5 Å². The van der Waals surface area contributed by atoms with E-state index in [-0.39, 0.29) is 64.0 Å². The molecule has 0 radical (unpaired) electrons. The molecule has 6 rings (SSSR count). The molecule has 3 amide bonds. The van der Waals surface area contributed by atoms with Gasteiger partial charge in [0.2, 0.25) is 17.7 Å². The van der Waals surface area contributed by atoms with Crippen LogP contribution in [-0.2, 0) is 19.2 Å². The number of halogens is 2. The van der Waals surface area contributed by atoms with Gasteiger partial charge in [-0.1, -0.05) is 50.1 Å². The van der Waals surface area contributed by atoms with Crippen LogP contribution in [0.3, 0.4) is 0 Å². The zero-order chi connectivity index (χ0) is 25.3. The first-order valence-corrected chi connectivity index (χ1v) is 13.9. The number of fused-ring (bicyclic) bond motifs is 5. The predicted octanol–water partition coefficient (Wildman–Crippen LogP) is 4.24. The van der Waals surface area contributed by atoms with Crippen molar-refractivity contribution in [1.82, 2.24) is 0 Å². The molecule has 186 valence electrons. The lowest BCUT2D eigenvalue weighted by Gasteiger charge is -2.28. The maximum atomic E-state index is 13.4. The minimum Gasteiger partial charge on any atom is -0.426 e. The predicted molar refractivity (Wildman–Crippen MR) is 140 cm³/mol. The number of carbonyl (C=O) groups is 4. The van der Waals surface area contributed by atoms with E-state index in [0.717, 1.165) is 12.1 Å². The van der Waals surface area contributed by atoms with Crippen LogP contribution >= 0.6 is 31.9 Å². The highest BCUT2D eigenvalue weighted by Gasteiger charge is 2.66. The number of aryl methyl sites for hydroxylation is 1. The summed E-state index contributed by atoms with van der Waals surface area (Å²) in [6.07, 6.45) is 0.974. The standard InChI is InChI=1S/C27H24Br2N2O5/c1-13-9-16(36-27(35)14-10-20(32)30(12-14)15-5-3-2-4-6-15)7-8-19(13)31-25(33)21-17-11-18(22(21)26(31)34)24(29)23(17)28/h2-9,14,17-18,21-24H,10-12H2,1H3/t14-,17-,18-,21-,22-,23+,24+/m1/s1. The Bertz CT molecular complexity index is 1250. The maximum Gasteiger partial charge on any atom is 0.316 e. The Labute approximate surface area is 225 Å². The fourth-order valence-corrected chi connectivity index (χ4v) is 8.32. The highest BCUT2D eigenvalue weighted by Crippen LogP contribution is 2.60. The van der Waals surface area contributed by atoms with E-state index in [0.29, 0.717) is 17.0 Å². The maximum absolute atomic E-state index is 13.4. The van der Waals surface area contributed by atoms with Crippen molar-refractivity contribution in [1.29, 1.82) is 0 Å². The number of rotatable bonds is 4. The molecule has 2 saturated heterocycles. The SMILES string of the molecule is Cc1cc(OC(=O)[C@@H]2CC(=O)N(c3ccccc3)C2)ccc1N1C(=O)[C@@H]2[C@H]3C[C@@H]([C@H](Br)[C@H]3Br)[C@H]2C1=O. The first kappa shape index (κ1) is 23.9. The molecule has 0 aromatic heterocycles. The van der Waals surface area contributed by atoms with Crippen molar-refractivity contribution in [3.8, 4) is 5.75 Å². The number of hydrogen-bond donors (Lipinski definition) is 0. The summed E-state index contributed by atoms with van der Waals surface area (Å²) in [5, 5.41) is 0. The zero-order valence-electron chi connectivity index (χ0n) is 19.5. The van der Waals surface area contributed by atoms with Gasteiger partial charge < -0.3 is 9.64 Å². The number of esters is 1. The fourth-order valence-electron chi connectivity index (χ4n) is 6.45. The van der Waals surface area contributed by atoms with Crippen LogP contribution in [0.25, 0.3) is 0 Å². The second kappa shape index (κ2) is 8.80. The molecule has 9 heteroatoms. The second-order valence-corrected chi connectivity index (χ2v) is 12.2. The van der Waals surface area contributed by atoms with Crippen molar-refractivity contribution in [3.63, 3.8) is 0 Å². The van der Waals surface area contributed by atoms with Gasteiger partial charge in [0.15, 0.2) is 0 Å². The van der Waals surface area contributed by atoms with Crippen molar-refractivity contribution < 1.29 is 23.9 Å². The number of hydrogen-bond acceptors (Lipinski definition) is 5. The number of ether oxygens (including phenoxy) is 1. The normalized spacial score (nSPS) is 33.0. The fraction of sp³-hybridized carbons (Fsp3) is 0.407. The van der Waals surface area contributed by atoms with Crippen LogP contribution in [-0.4, -0.2) is 39.9 Å². The average Bonchev–Trinajstić information content (AvgIpc) is 3.58. The topological polar surface area (TPSA) is 84.0 Å². The van der Waals surface area contributed by atoms with Crippen molar-refractivity contribution in [2.75, 3.05) is 16.3 Å². The molecular weight excluding hydrogens is 592 g/mol. The Balaban J connectivity index is 1.17. The van der Waals surface area contributed by atoms with Gasteiger partial charge in [-0.05, 0) is 61.1 Å². The van der Waals surface area contributed by atoms with Crippen molar-refractivity contribution >= 4 is 66.9 Å². The smallest absolute Gasteiger partial charge is 0.316 e.